The summed E-state index contributed by atoms with van der Waals surface area (Å²) < 4.78 is 1.17. The molecule has 0 fully saturated rings. The topological polar surface area (TPSA) is 49.8 Å². The van der Waals surface area contributed by atoms with E-state index in [2.05, 4.69) is 18.2 Å². The van der Waals surface area contributed by atoms with E-state index in [9.17, 15) is 0 Å². The summed E-state index contributed by atoms with van der Waals surface area (Å²) in [7, 11) is 0. The van der Waals surface area contributed by atoms with Gasteiger partial charge in [-0.05, 0) is 47.5 Å². The predicted octanol–water partition coefficient (Wildman–Crippen LogP) is 2.27. The largest absolute Gasteiger partial charge is 0.330 e. The molecule has 1 aromatic carbocycles. The maximum Gasteiger partial charge on any atom is 0.0995 e. The SMILES string of the molecule is N#Cc1cc2sccc2cc1CCN. The molecule has 70 valence electrons. The van der Waals surface area contributed by atoms with Crippen molar-refractivity contribution in [2.45, 2.75) is 6.42 Å². The molecule has 0 radical (unpaired) electrons. The maximum atomic E-state index is 8.96. The third-order valence-corrected chi connectivity index (χ3v) is 3.09. The average Bonchev–Trinajstić information content (AvgIpc) is 2.64. The molecule has 0 saturated carbocycles. The van der Waals surface area contributed by atoms with Gasteiger partial charge in [0.25, 0.3) is 0 Å². The molecule has 2 N–H and O–H groups in total. The lowest BCUT2D eigenvalue weighted by molar-refractivity contribution is 0.967. The Kier molecular flexibility index (Phi) is 2.49. The van der Waals surface area contributed by atoms with Gasteiger partial charge in [0, 0.05) is 4.70 Å². The highest BCUT2D eigenvalue weighted by atomic mass is 32.1. The number of thiophene rings is 1. The summed E-state index contributed by atoms with van der Waals surface area (Å²) in [5.41, 5.74) is 7.31. The van der Waals surface area contributed by atoms with Crippen molar-refractivity contribution in [3.63, 3.8) is 0 Å². The lowest BCUT2D eigenvalue weighted by Crippen LogP contribution is -2.04. The molecular formula is C11H10N2S. The molecule has 0 unspecified atom stereocenters. The summed E-state index contributed by atoms with van der Waals surface area (Å²) in [5, 5.41) is 12.2. The number of fused-ring (bicyclic) bond motifs is 1. The first-order valence-corrected chi connectivity index (χ1v) is 5.33. The number of nitrogens with two attached hydrogens (primary N) is 1. The van der Waals surface area contributed by atoms with E-state index in [0.29, 0.717) is 6.54 Å². The summed E-state index contributed by atoms with van der Waals surface area (Å²) in [5.74, 6) is 0. The van der Waals surface area contributed by atoms with Crippen LogP contribution in [0.5, 0.6) is 0 Å². The zero-order valence-electron chi connectivity index (χ0n) is 7.66. The number of nitriles is 1. The van der Waals surface area contributed by atoms with Crippen molar-refractivity contribution < 1.29 is 0 Å². The lowest BCUT2D eigenvalue weighted by Gasteiger charge is -2.01. The molecule has 14 heavy (non-hydrogen) atoms. The summed E-state index contributed by atoms with van der Waals surface area (Å²) in [6, 6.07) is 8.30. The van der Waals surface area contributed by atoms with Crippen LogP contribution in [0.2, 0.25) is 0 Å². The van der Waals surface area contributed by atoms with Gasteiger partial charge >= 0.3 is 0 Å². The number of hydrogen-bond donors (Lipinski definition) is 1. The molecule has 1 heterocycles. The molecule has 0 aliphatic heterocycles. The van der Waals surface area contributed by atoms with Gasteiger partial charge in [0.2, 0.25) is 0 Å². The van der Waals surface area contributed by atoms with E-state index < -0.39 is 0 Å². The highest BCUT2D eigenvalue weighted by molar-refractivity contribution is 7.17. The van der Waals surface area contributed by atoms with E-state index in [4.69, 9.17) is 11.0 Å². The molecule has 2 rings (SSSR count). The Morgan fingerprint density at radius 2 is 2.29 bits per heavy atom. The van der Waals surface area contributed by atoms with E-state index >= 15 is 0 Å². The molecule has 3 heteroatoms. The van der Waals surface area contributed by atoms with Gasteiger partial charge in [0.15, 0.2) is 0 Å². The molecule has 0 aliphatic rings. The van der Waals surface area contributed by atoms with Gasteiger partial charge in [-0.3, -0.25) is 0 Å². The Morgan fingerprint density at radius 1 is 1.43 bits per heavy atom. The summed E-state index contributed by atoms with van der Waals surface area (Å²) in [6.45, 7) is 0.588. The monoisotopic (exact) mass is 202 g/mol. The highest BCUT2D eigenvalue weighted by Crippen LogP contribution is 2.24. The van der Waals surface area contributed by atoms with Crippen LogP contribution >= 0.6 is 11.3 Å². The third kappa shape index (κ3) is 1.50. The van der Waals surface area contributed by atoms with Crippen LogP contribution < -0.4 is 5.73 Å². The smallest absolute Gasteiger partial charge is 0.0995 e. The van der Waals surface area contributed by atoms with Gasteiger partial charge in [0.1, 0.15) is 0 Å². The molecule has 2 nitrogen and oxygen atoms in total. The van der Waals surface area contributed by atoms with Crippen molar-refractivity contribution in [2.75, 3.05) is 6.54 Å². The van der Waals surface area contributed by atoms with E-state index in [-0.39, 0.29) is 0 Å². The second-order valence-corrected chi connectivity index (χ2v) is 4.07. The van der Waals surface area contributed by atoms with Gasteiger partial charge in [-0.25, -0.2) is 0 Å². The average molecular weight is 202 g/mol. The minimum Gasteiger partial charge on any atom is -0.330 e. The van der Waals surface area contributed by atoms with E-state index in [1.807, 2.05) is 11.4 Å². The fraction of sp³-hybridized carbons (Fsp3) is 0.182. The summed E-state index contributed by atoms with van der Waals surface area (Å²) >= 11 is 1.66. The molecule has 2 aromatic rings. The zero-order valence-corrected chi connectivity index (χ0v) is 8.47. The Bertz CT molecular complexity index is 493. The van der Waals surface area contributed by atoms with Gasteiger partial charge in [0.05, 0.1) is 11.6 Å². The van der Waals surface area contributed by atoms with Crippen LogP contribution in [-0.4, -0.2) is 6.54 Å². The Morgan fingerprint density at radius 3 is 3.00 bits per heavy atom. The number of rotatable bonds is 2. The second-order valence-electron chi connectivity index (χ2n) is 3.12. The standard InChI is InChI=1S/C11H10N2S/c12-3-1-8-5-9-2-4-14-11(9)6-10(8)7-13/h2,4-6H,1,3,12H2. The molecule has 0 aliphatic carbocycles. The normalized spacial score (nSPS) is 10.3. The van der Waals surface area contributed by atoms with E-state index in [0.717, 1.165) is 17.5 Å². The predicted molar refractivity (Wildman–Crippen MR) is 59.3 cm³/mol. The first-order chi connectivity index (χ1) is 6.85. The first-order valence-electron chi connectivity index (χ1n) is 4.45. The molecule has 0 spiro atoms. The van der Waals surface area contributed by atoms with Gasteiger partial charge in [-0.15, -0.1) is 11.3 Å². The van der Waals surface area contributed by atoms with Crippen molar-refractivity contribution in [3.05, 3.63) is 34.7 Å². The number of nitrogens with zero attached hydrogens (tertiary/aromatic N) is 1. The zero-order chi connectivity index (χ0) is 9.97. The molecule has 0 bridgehead atoms. The Balaban J connectivity index is 2.62. The fourth-order valence-electron chi connectivity index (χ4n) is 1.52. The minimum atomic E-state index is 0.588. The van der Waals surface area contributed by atoms with Crippen LogP contribution in [0.15, 0.2) is 23.6 Å². The Labute approximate surface area is 86.6 Å². The Hall–Kier alpha value is -1.37. The molecule has 0 amide bonds. The maximum absolute atomic E-state index is 8.96. The van der Waals surface area contributed by atoms with Gasteiger partial charge in [-0.1, -0.05) is 0 Å². The van der Waals surface area contributed by atoms with E-state index in [1.54, 1.807) is 11.3 Å². The van der Waals surface area contributed by atoms with Gasteiger partial charge < -0.3 is 5.73 Å². The lowest BCUT2D eigenvalue weighted by atomic mass is 10.0. The van der Waals surface area contributed by atoms with Crippen LogP contribution in [0.4, 0.5) is 0 Å². The van der Waals surface area contributed by atoms with Crippen molar-refractivity contribution in [3.8, 4) is 6.07 Å². The third-order valence-electron chi connectivity index (χ3n) is 2.21. The van der Waals surface area contributed by atoms with Crippen LogP contribution in [-0.2, 0) is 6.42 Å². The quantitative estimate of drug-likeness (QED) is 0.812. The van der Waals surface area contributed by atoms with Gasteiger partial charge in [-0.2, -0.15) is 5.26 Å². The van der Waals surface area contributed by atoms with Crippen LogP contribution in [0.3, 0.4) is 0 Å². The summed E-state index contributed by atoms with van der Waals surface area (Å²) in [6.07, 6.45) is 0.772. The van der Waals surface area contributed by atoms with Crippen molar-refractivity contribution in [1.82, 2.24) is 0 Å². The van der Waals surface area contributed by atoms with Crippen molar-refractivity contribution in [2.24, 2.45) is 5.73 Å². The summed E-state index contributed by atoms with van der Waals surface area (Å²) in [4.78, 5) is 0. The van der Waals surface area contributed by atoms with Crippen LogP contribution in [0.25, 0.3) is 10.1 Å². The molecule has 1 aromatic heterocycles. The molecule has 0 saturated heterocycles. The number of hydrogen-bond acceptors (Lipinski definition) is 3. The fourth-order valence-corrected chi connectivity index (χ4v) is 2.33. The van der Waals surface area contributed by atoms with Crippen molar-refractivity contribution in [1.29, 1.82) is 5.26 Å². The van der Waals surface area contributed by atoms with E-state index in [1.165, 1.54) is 10.1 Å². The van der Waals surface area contributed by atoms with Crippen LogP contribution in [0, 0.1) is 11.3 Å². The molecular weight excluding hydrogens is 192 g/mol. The number of benzene rings is 1. The van der Waals surface area contributed by atoms with Crippen LogP contribution in [0.1, 0.15) is 11.1 Å². The van der Waals surface area contributed by atoms with Crippen molar-refractivity contribution >= 4 is 21.4 Å². The highest BCUT2D eigenvalue weighted by Gasteiger charge is 2.04. The first kappa shape index (κ1) is 9.20. The minimum absolute atomic E-state index is 0.588. The molecule has 0 atom stereocenters. The second kappa shape index (κ2) is 3.79.